The van der Waals surface area contributed by atoms with Crippen LogP contribution in [0.5, 0.6) is 0 Å². The largest absolute Gasteiger partial charge is 0.481 e. The second-order valence-electron chi connectivity index (χ2n) is 9.46. The summed E-state index contributed by atoms with van der Waals surface area (Å²) in [4.78, 5) is 36.3. The van der Waals surface area contributed by atoms with Crippen molar-refractivity contribution in [3.63, 3.8) is 0 Å². The van der Waals surface area contributed by atoms with Gasteiger partial charge >= 0.3 is 12.1 Å². The molecule has 0 aliphatic heterocycles. The van der Waals surface area contributed by atoms with E-state index >= 15 is 0 Å². The number of carbonyl (C=O) groups is 3. The van der Waals surface area contributed by atoms with Crippen LogP contribution in [0.15, 0.2) is 48.5 Å². The van der Waals surface area contributed by atoms with E-state index < -0.39 is 23.6 Å². The number of alkyl carbamates (subject to hydrolysis) is 1. The summed E-state index contributed by atoms with van der Waals surface area (Å²) >= 11 is 0. The standard InChI is InChI=1S/C26H32N2O5/c1-16(2)23(24(31)28-26(3,4)14-13-22(29)30)27-25(32)33-15-21-19-11-7-5-9-17(19)18-10-6-8-12-20(18)21/h5-12,16,21,23H,13-15H2,1-4H3,(H,27,32)(H,28,31)(H,29,30)/t23-/m0/s1. The Balaban J connectivity index is 1.63. The molecule has 7 heteroatoms. The Morgan fingerprint density at radius 1 is 1.00 bits per heavy atom. The van der Waals surface area contributed by atoms with Gasteiger partial charge in [0.15, 0.2) is 0 Å². The zero-order valence-corrected chi connectivity index (χ0v) is 19.6. The summed E-state index contributed by atoms with van der Waals surface area (Å²) in [6, 6.07) is 15.4. The van der Waals surface area contributed by atoms with Crippen LogP contribution in [0.3, 0.4) is 0 Å². The summed E-state index contributed by atoms with van der Waals surface area (Å²) in [5, 5.41) is 14.4. The van der Waals surface area contributed by atoms with Gasteiger partial charge < -0.3 is 20.5 Å². The monoisotopic (exact) mass is 452 g/mol. The Morgan fingerprint density at radius 2 is 1.55 bits per heavy atom. The van der Waals surface area contributed by atoms with Gasteiger partial charge in [-0.05, 0) is 48.4 Å². The van der Waals surface area contributed by atoms with E-state index in [-0.39, 0.29) is 37.2 Å². The maximum atomic E-state index is 12.8. The Labute approximate surface area is 194 Å². The van der Waals surface area contributed by atoms with Crippen molar-refractivity contribution < 1.29 is 24.2 Å². The fraction of sp³-hybridized carbons (Fsp3) is 0.423. The van der Waals surface area contributed by atoms with E-state index in [9.17, 15) is 14.4 Å². The number of ether oxygens (including phenoxy) is 1. The number of hydrogen-bond acceptors (Lipinski definition) is 4. The van der Waals surface area contributed by atoms with Gasteiger partial charge in [-0.3, -0.25) is 9.59 Å². The first-order valence-electron chi connectivity index (χ1n) is 11.2. The van der Waals surface area contributed by atoms with Crippen LogP contribution in [0, 0.1) is 5.92 Å². The van der Waals surface area contributed by atoms with Crippen molar-refractivity contribution in [2.75, 3.05) is 6.61 Å². The molecule has 33 heavy (non-hydrogen) atoms. The maximum absolute atomic E-state index is 12.8. The van der Waals surface area contributed by atoms with Crippen molar-refractivity contribution in [1.82, 2.24) is 10.6 Å². The van der Waals surface area contributed by atoms with Gasteiger partial charge in [0.1, 0.15) is 12.6 Å². The van der Waals surface area contributed by atoms with E-state index in [1.54, 1.807) is 13.8 Å². The van der Waals surface area contributed by atoms with E-state index in [2.05, 4.69) is 22.8 Å². The summed E-state index contributed by atoms with van der Waals surface area (Å²) in [6.45, 7) is 7.35. The number of carboxylic acid groups (broad SMARTS) is 1. The lowest BCUT2D eigenvalue weighted by atomic mass is 9.96. The zero-order chi connectivity index (χ0) is 24.2. The number of fused-ring (bicyclic) bond motifs is 3. The highest BCUT2D eigenvalue weighted by atomic mass is 16.5. The third-order valence-corrected chi connectivity index (χ3v) is 5.99. The van der Waals surface area contributed by atoms with Crippen molar-refractivity contribution in [3.8, 4) is 11.1 Å². The van der Waals surface area contributed by atoms with Crippen molar-refractivity contribution in [1.29, 1.82) is 0 Å². The Bertz CT molecular complexity index is 985. The number of carbonyl (C=O) groups excluding carboxylic acids is 2. The molecule has 0 saturated heterocycles. The van der Waals surface area contributed by atoms with Crippen LogP contribution < -0.4 is 10.6 Å². The highest BCUT2D eigenvalue weighted by Crippen LogP contribution is 2.44. The second kappa shape index (κ2) is 10.1. The molecular formula is C26H32N2O5. The average molecular weight is 453 g/mol. The fourth-order valence-corrected chi connectivity index (χ4v) is 4.20. The molecule has 0 aromatic heterocycles. The van der Waals surface area contributed by atoms with Crippen LogP contribution in [-0.2, 0) is 14.3 Å². The van der Waals surface area contributed by atoms with Crippen LogP contribution >= 0.6 is 0 Å². The Kier molecular flexibility index (Phi) is 7.41. The highest BCUT2D eigenvalue weighted by Gasteiger charge is 2.32. The molecule has 1 aliphatic carbocycles. The second-order valence-corrected chi connectivity index (χ2v) is 9.46. The van der Waals surface area contributed by atoms with E-state index in [0.717, 1.165) is 22.3 Å². The first-order chi connectivity index (χ1) is 15.6. The smallest absolute Gasteiger partial charge is 0.407 e. The first-order valence-corrected chi connectivity index (χ1v) is 11.2. The lowest BCUT2D eigenvalue weighted by Crippen LogP contribution is -2.55. The van der Waals surface area contributed by atoms with Gasteiger partial charge in [0.05, 0.1) is 0 Å². The molecule has 1 aliphatic rings. The summed E-state index contributed by atoms with van der Waals surface area (Å²) in [5.41, 5.74) is 3.80. The summed E-state index contributed by atoms with van der Waals surface area (Å²) in [6.07, 6.45) is -0.433. The molecule has 7 nitrogen and oxygen atoms in total. The van der Waals surface area contributed by atoms with Crippen molar-refractivity contribution in [2.24, 2.45) is 5.92 Å². The zero-order valence-electron chi connectivity index (χ0n) is 19.6. The van der Waals surface area contributed by atoms with Crippen LogP contribution in [0.4, 0.5) is 4.79 Å². The summed E-state index contributed by atoms with van der Waals surface area (Å²) in [5.74, 6) is -1.53. The minimum atomic E-state index is -0.922. The van der Waals surface area contributed by atoms with Crippen LogP contribution in [0.2, 0.25) is 0 Å². The molecule has 2 aromatic carbocycles. The van der Waals surface area contributed by atoms with Gasteiger partial charge in [-0.25, -0.2) is 4.79 Å². The average Bonchev–Trinajstić information content (AvgIpc) is 3.08. The third kappa shape index (κ3) is 5.92. The minimum Gasteiger partial charge on any atom is -0.481 e. The number of nitrogens with one attached hydrogen (secondary N) is 2. The molecule has 0 fully saturated rings. The highest BCUT2D eigenvalue weighted by molar-refractivity contribution is 5.86. The molecule has 0 saturated carbocycles. The molecule has 0 spiro atoms. The van der Waals surface area contributed by atoms with Crippen molar-refractivity contribution in [3.05, 3.63) is 59.7 Å². The summed E-state index contributed by atoms with van der Waals surface area (Å²) < 4.78 is 5.57. The lowest BCUT2D eigenvalue weighted by Gasteiger charge is -2.30. The fourth-order valence-electron chi connectivity index (χ4n) is 4.20. The number of carboxylic acids is 1. The molecule has 0 unspecified atom stereocenters. The van der Waals surface area contributed by atoms with Gasteiger partial charge in [-0.15, -0.1) is 0 Å². The Hall–Kier alpha value is -3.35. The summed E-state index contributed by atoms with van der Waals surface area (Å²) in [7, 11) is 0. The first kappa shape index (κ1) is 24.3. The van der Waals surface area contributed by atoms with E-state index in [1.807, 2.05) is 50.2 Å². The van der Waals surface area contributed by atoms with Gasteiger partial charge in [-0.2, -0.15) is 0 Å². The van der Waals surface area contributed by atoms with Crippen molar-refractivity contribution >= 4 is 18.0 Å². The quantitative estimate of drug-likeness (QED) is 0.526. The molecule has 176 valence electrons. The maximum Gasteiger partial charge on any atom is 0.407 e. The molecule has 2 aromatic rings. The predicted octanol–water partition coefficient (Wildman–Crippen LogP) is 4.31. The number of rotatable bonds is 9. The topological polar surface area (TPSA) is 105 Å². The molecule has 3 rings (SSSR count). The van der Waals surface area contributed by atoms with Crippen molar-refractivity contribution in [2.45, 2.75) is 58.0 Å². The number of hydrogen-bond donors (Lipinski definition) is 3. The normalized spacial score (nSPS) is 13.7. The van der Waals surface area contributed by atoms with Gasteiger partial charge in [0.25, 0.3) is 0 Å². The molecular weight excluding hydrogens is 420 g/mol. The molecule has 0 radical (unpaired) electrons. The van der Waals surface area contributed by atoms with Gasteiger partial charge in [0, 0.05) is 17.9 Å². The Morgan fingerprint density at radius 3 is 2.06 bits per heavy atom. The van der Waals surface area contributed by atoms with Crippen LogP contribution in [0.1, 0.15) is 57.6 Å². The predicted molar refractivity (Wildman–Crippen MR) is 126 cm³/mol. The van der Waals surface area contributed by atoms with Crippen LogP contribution in [-0.4, -0.2) is 41.3 Å². The number of aliphatic carboxylic acids is 1. The number of amides is 2. The van der Waals surface area contributed by atoms with E-state index in [0.29, 0.717) is 0 Å². The lowest BCUT2D eigenvalue weighted by molar-refractivity contribution is -0.138. The molecule has 3 N–H and O–H groups in total. The van der Waals surface area contributed by atoms with E-state index in [4.69, 9.17) is 9.84 Å². The minimum absolute atomic E-state index is 0.0561. The molecule has 0 heterocycles. The third-order valence-electron chi connectivity index (χ3n) is 5.99. The number of benzene rings is 2. The SMILES string of the molecule is CC(C)[C@H](NC(=O)OCC1c2ccccc2-c2ccccc21)C(=O)NC(C)(C)CCC(=O)O. The molecule has 0 bridgehead atoms. The molecule has 2 amide bonds. The van der Waals surface area contributed by atoms with E-state index in [1.165, 1.54) is 0 Å². The van der Waals surface area contributed by atoms with Gasteiger partial charge in [-0.1, -0.05) is 62.4 Å². The molecule has 1 atom stereocenters. The van der Waals surface area contributed by atoms with Gasteiger partial charge in [0.2, 0.25) is 5.91 Å². The van der Waals surface area contributed by atoms with Crippen LogP contribution in [0.25, 0.3) is 11.1 Å².